The minimum absolute atomic E-state index is 0.604. The van der Waals surface area contributed by atoms with Crippen molar-refractivity contribution in [2.24, 2.45) is 5.92 Å². The van der Waals surface area contributed by atoms with Gasteiger partial charge in [0.25, 0.3) is 0 Å². The van der Waals surface area contributed by atoms with E-state index in [9.17, 15) is 0 Å². The van der Waals surface area contributed by atoms with Crippen molar-refractivity contribution >= 4 is 0 Å². The number of imidazole rings is 1. The summed E-state index contributed by atoms with van der Waals surface area (Å²) in [4.78, 5) is 4.14. The van der Waals surface area contributed by atoms with Crippen LogP contribution in [0.5, 0.6) is 0 Å². The van der Waals surface area contributed by atoms with Crippen LogP contribution in [-0.4, -0.2) is 9.55 Å². The molecule has 0 aromatic carbocycles. The van der Waals surface area contributed by atoms with Crippen molar-refractivity contribution < 1.29 is 0 Å². The van der Waals surface area contributed by atoms with Crippen molar-refractivity contribution in [1.29, 1.82) is 0 Å². The van der Waals surface area contributed by atoms with E-state index in [1.54, 1.807) is 0 Å². The van der Waals surface area contributed by atoms with Gasteiger partial charge in [0.2, 0.25) is 0 Å². The van der Waals surface area contributed by atoms with Crippen LogP contribution in [-0.2, 0) is 0 Å². The van der Waals surface area contributed by atoms with E-state index in [2.05, 4.69) is 37.2 Å². The molecule has 0 saturated carbocycles. The van der Waals surface area contributed by atoms with E-state index < -0.39 is 0 Å². The average molecular weight is 166 g/mol. The highest BCUT2D eigenvalue weighted by Gasteiger charge is 2.13. The number of hydrogen-bond acceptors (Lipinski definition) is 1. The van der Waals surface area contributed by atoms with Gasteiger partial charge in [-0.1, -0.05) is 20.8 Å². The Morgan fingerprint density at radius 2 is 2.17 bits per heavy atom. The molecule has 2 nitrogen and oxygen atoms in total. The lowest BCUT2D eigenvalue weighted by Crippen LogP contribution is -2.14. The van der Waals surface area contributed by atoms with Gasteiger partial charge in [0.1, 0.15) is 0 Å². The van der Waals surface area contributed by atoms with Gasteiger partial charge in [0, 0.05) is 17.9 Å². The molecule has 68 valence electrons. The fourth-order valence-corrected chi connectivity index (χ4v) is 1.71. The standard InChI is InChI=1S/C10H18N2/c1-5-10(8(2)3)12-7-11-6-9(12)4/h6-8,10H,5H2,1-4H3. The van der Waals surface area contributed by atoms with Crippen LogP contribution in [0.3, 0.4) is 0 Å². The van der Waals surface area contributed by atoms with Crippen LogP contribution in [0.15, 0.2) is 12.5 Å². The molecule has 1 unspecified atom stereocenters. The van der Waals surface area contributed by atoms with E-state index in [0.29, 0.717) is 12.0 Å². The molecule has 0 spiro atoms. The second-order valence-electron chi connectivity index (χ2n) is 3.66. The molecule has 2 heteroatoms. The molecule has 0 N–H and O–H groups in total. The third-order valence-corrected chi connectivity index (χ3v) is 2.40. The topological polar surface area (TPSA) is 17.8 Å². The molecule has 0 radical (unpaired) electrons. The minimum atomic E-state index is 0.604. The number of aryl methyl sites for hydroxylation is 1. The van der Waals surface area contributed by atoms with E-state index in [1.165, 1.54) is 12.1 Å². The fraction of sp³-hybridized carbons (Fsp3) is 0.700. The van der Waals surface area contributed by atoms with E-state index in [0.717, 1.165) is 0 Å². The highest BCUT2D eigenvalue weighted by molar-refractivity contribution is 4.97. The second-order valence-corrected chi connectivity index (χ2v) is 3.66. The number of nitrogens with zero attached hydrogens (tertiary/aromatic N) is 2. The average Bonchev–Trinajstić information content (AvgIpc) is 2.38. The summed E-state index contributed by atoms with van der Waals surface area (Å²) < 4.78 is 2.27. The van der Waals surface area contributed by atoms with Gasteiger partial charge in [-0.25, -0.2) is 4.98 Å². The Labute approximate surface area is 74.6 Å². The predicted molar refractivity (Wildman–Crippen MR) is 51.1 cm³/mol. The van der Waals surface area contributed by atoms with E-state index in [-0.39, 0.29) is 0 Å². The molecule has 0 aliphatic heterocycles. The fourth-order valence-electron chi connectivity index (χ4n) is 1.71. The molecule has 0 fully saturated rings. The van der Waals surface area contributed by atoms with Crippen LogP contribution in [0, 0.1) is 12.8 Å². The molecule has 0 amide bonds. The Morgan fingerprint density at radius 3 is 2.50 bits per heavy atom. The highest BCUT2D eigenvalue weighted by atomic mass is 15.1. The quantitative estimate of drug-likeness (QED) is 0.675. The Kier molecular flexibility index (Phi) is 2.90. The molecule has 0 saturated heterocycles. The summed E-state index contributed by atoms with van der Waals surface area (Å²) in [6, 6.07) is 0.604. The molecule has 1 rings (SSSR count). The van der Waals surface area contributed by atoms with Crippen molar-refractivity contribution in [3.8, 4) is 0 Å². The zero-order valence-corrected chi connectivity index (χ0v) is 8.41. The van der Waals surface area contributed by atoms with Crippen LogP contribution in [0.4, 0.5) is 0 Å². The molecular weight excluding hydrogens is 148 g/mol. The van der Waals surface area contributed by atoms with Crippen molar-refractivity contribution in [2.45, 2.75) is 40.2 Å². The van der Waals surface area contributed by atoms with Crippen molar-refractivity contribution in [3.05, 3.63) is 18.2 Å². The zero-order valence-electron chi connectivity index (χ0n) is 8.41. The zero-order chi connectivity index (χ0) is 9.14. The Hall–Kier alpha value is -0.790. The van der Waals surface area contributed by atoms with Crippen LogP contribution in [0.2, 0.25) is 0 Å². The largest absolute Gasteiger partial charge is 0.332 e. The first-order valence-electron chi connectivity index (χ1n) is 4.65. The van der Waals surface area contributed by atoms with Gasteiger partial charge < -0.3 is 4.57 Å². The molecule has 1 heterocycles. The Morgan fingerprint density at radius 1 is 1.50 bits per heavy atom. The summed E-state index contributed by atoms with van der Waals surface area (Å²) in [5.74, 6) is 0.683. The van der Waals surface area contributed by atoms with Crippen molar-refractivity contribution in [1.82, 2.24) is 9.55 Å². The molecule has 1 aromatic heterocycles. The van der Waals surface area contributed by atoms with E-state index in [1.807, 2.05) is 12.5 Å². The molecule has 1 atom stereocenters. The number of aromatic nitrogens is 2. The molecule has 0 aliphatic carbocycles. The first kappa shape index (κ1) is 9.30. The maximum Gasteiger partial charge on any atom is 0.0950 e. The van der Waals surface area contributed by atoms with Gasteiger partial charge in [-0.05, 0) is 19.3 Å². The maximum absolute atomic E-state index is 4.14. The molecule has 1 aromatic rings. The minimum Gasteiger partial charge on any atom is -0.332 e. The molecule has 0 aliphatic rings. The highest BCUT2D eigenvalue weighted by Crippen LogP contribution is 2.22. The monoisotopic (exact) mass is 166 g/mol. The van der Waals surface area contributed by atoms with E-state index >= 15 is 0 Å². The van der Waals surface area contributed by atoms with E-state index in [4.69, 9.17) is 0 Å². The lowest BCUT2D eigenvalue weighted by molar-refractivity contribution is 0.360. The second kappa shape index (κ2) is 3.74. The number of rotatable bonds is 3. The summed E-state index contributed by atoms with van der Waals surface area (Å²) in [6.45, 7) is 8.85. The van der Waals surface area contributed by atoms with Crippen LogP contribution >= 0.6 is 0 Å². The van der Waals surface area contributed by atoms with Crippen LogP contribution in [0.25, 0.3) is 0 Å². The van der Waals surface area contributed by atoms with Gasteiger partial charge in [-0.15, -0.1) is 0 Å². The third-order valence-electron chi connectivity index (χ3n) is 2.40. The van der Waals surface area contributed by atoms with Gasteiger partial charge in [-0.2, -0.15) is 0 Å². The van der Waals surface area contributed by atoms with Crippen LogP contribution < -0.4 is 0 Å². The molecular formula is C10H18N2. The lowest BCUT2D eigenvalue weighted by atomic mass is 10.0. The molecule has 12 heavy (non-hydrogen) atoms. The van der Waals surface area contributed by atoms with Gasteiger partial charge >= 0.3 is 0 Å². The maximum atomic E-state index is 4.14. The predicted octanol–water partition coefficient (Wildman–Crippen LogP) is 2.80. The van der Waals surface area contributed by atoms with Gasteiger partial charge in [-0.3, -0.25) is 0 Å². The first-order valence-corrected chi connectivity index (χ1v) is 4.65. The van der Waals surface area contributed by atoms with Gasteiger partial charge in [0.15, 0.2) is 0 Å². The molecule has 0 bridgehead atoms. The third kappa shape index (κ3) is 1.68. The number of hydrogen-bond donors (Lipinski definition) is 0. The smallest absolute Gasteiger partial charge is 0.0950 e. The van der Waals surface area contributed by atoms with Crippen LogP contribution in [0.1, 0.15) is 38.9 Å². The summed E-state index contributed by atoms with van der Waals surface area (Å²) in [6.07, 6.45) is 5.03. The summed E-state index contributed by atoms with van der Waals surface area (Å²) in [5.41, 5.74) is 1.26. The van der Waals surface area contributed by atoms with Crippen molar-refractivity contribution in [2.75, 3.05) is 0 Å². The first-order chi connectivity index (χ1) is 5.66. The summed E-state index contributed by atoms with van der Waals surface area (Å²) in [5, 5.41) is 0. The SMILES string of the molecule is CCC(C(C)C)n1cncc1C. The van der Waals surface area contributed by atoms with Gasteiger partial charge in [0.05, 0.1) is 6.33 Å². The Balaban J connectivity index is 2.87. The Bertz CT molecular complexity index is 238. The normalized spacial score (nSPS) is 13.8. The summed E-state index contributed by atoms with van der Waals surface area (Å²) >= 11 is 0. The van der Waals surface area contributed by atoms with Crippen molar-refractivity contribution in [3.63, 3.8) is 0 Å². The lowest BCUT2D eigenvalue weighted by Gasteiger charge is -2.21. The summed E-state index contributed by atoms with van der Waals surface area (Å²) in [7, 11) is 0.